The Labute approximate surface area is 151 Å². The number of benzene rings is 1. The second-order valence-electron chi connectivity index (χ2n) is 5.68. The van der Waals surface area contributed by atoms with Crippen molar-refractivity contribution in [3.8, 4) is 17.2 Å². The van der Waals surface area contributed by atoms with Crippen LogP contribution in [0, 0.1) is 0 Å². The molecule has 0 spiro atoms. The molecule has 0 aliphatic carbocycles. The van der Waals surface area contributed by atoms with E-state index < -0.39 is 0 Å². The van der Waals surface area contributed by atoms with Crippen LogP contribution in [0.4, 0.5) is 0 Å². The summed E-state index contributed by atoms with van der Waals surface area (Å²) in [6.07, 6.45) is 4.81. The average Bonchev–Trinajstić information content (AvgIpc) is 3.17. The normalized spacial score (nSPS) is 10.5. The van der Waals surface area contributed by atoms with Crippen LogP contribution in [0.25, 0.3) is 11.5 Å². The predicted molar refractivity (Wildman–Crippen MR) is 95.6 cm³/mol. The van der Waals surface area contributed by atoms with Crippen LogP contribution in [0.2, 0.25) is 0 Å². The SMILES string of the molecule is COc1ccc(CCNC(=O)CCc2nnc(-c3ccncc3)o2)cc1. The van der Waals surface area contributed by atoms with E-state index in [0.29, 0.717) is 31.2 Å². The molecule has 26 heavy (non-hydrogen) atoms. The molecule has 3 rings (SSSR count). The standard InChI is InChI=1S/C19H20N4O3/c1-25-16-4-2-14(3-5-16)8-13-21-17(24)6-7-18-22-23-19(26-18)15-9-11-20-12-10-15/h2-5,9-12H,6-8,13H2,1H3,(H,21,24). The number of nitrogens with zero attached hydrogens (tertiary/aromatic N) is 3. The van der Waals surface area contributed by atoms with Crippen molar-refractivity contribution in [1.29, 1.82) is 0 Å². The smallest absolute Gasteiger partial charge is 0.247 e. The molecule has 0 aliphatic rings. The molecule has 0 fully saturated rings. The molecule has 0 atom stereocenters. The van der Waals surface area contributed by atoms with Crippen LogP contribution in [0.5, 0.6) is 5.75 Å². The number of carbonyl (C=O) groups is 1. The van der Waals surface area contributed by atoms with Gasteiger partial charge in [-0.2, -0.15) is 0 Å². The van der Waals surface area contributed by atoms with Crippen LogP contribution < -0.4 is 10.1 Å². The van der Waals surface area contributed by atoms with Gasteiger partial charge in [0.15, 0.2) is 0 Å². The van der Waals surface area contributed by atoms with Gasteiger partial charge in [0.1, 0.15) is 5.75 Å². The van der Waals surface area contributed by atoms with Gasteiger partial charge in [-0.3, -0.25) is 9.78 Å². The summed E-state index contributed by atoms with van der Waals surface area (Å²) >= 11 is 0. The van der Waals surface area contributed by atoms with Crippen molar-refractivity contribution in [3.05, 3.63) is 60.2 Å². The molecular formula is C19H20N4O3. The van der Waals surface area contributed by atoms with Crippen molar-refractivity contribution in [1.82, 2.24) is 20.5 Å². The minimum atomic E-state index is -0.0397. The fraction of sp³-hybridized carbons (Fsp3) is 0.263. The van der Waals surface area contributed by atoms with Gasteiger partial charge in [0.2, 0.25) is 17.7 Å². The van der Waals surface area contributed by atoms with Gasteiger partial charge in [0.25, 0.3) is 0 Å². The molecule has 0 saturated carbocycles. The van der Waals surface area contributed by atoms with Crippen molar-refractivity contribution in [2.75, 3.05) is 13.7 Å². The zero-order valence-electron chi connectivity index (χ0n) is 14.5. The first kappa shape index (κ1) is 17.6. The first-order valence-corrected chi connectivity index (χ1v) is 8.37. The summed E-state index contributed by atoms with van der Waals surface area (Å²) in [5, 5.41) is 10.9. The summed E-state index contributed by atoms with van der Waals surface area (Å²) < 4.78 is 10.7. The second kappa shape index (κ2) is 8.75. The van der Waals surface area contributed by atoms with E-state index in [1.165, 1.54) is 0 Å². The van der Waals surface area contributed by atoms with Gasteiger partial charge in [0.05, 0.1) is 7.11 Å². The van der Waals surface area contributed by atoms with Crippen molar-refractivity contribution in [3.63, 3.8) is 0 Å². The molecule has 7 heteroatoms. The summed E-state index contributed by atoms with van der Waals surface area (Å²) in [6, 6.07) is 11.4. The summed E-state index contributed by atoms with van der Waals surface area (Å²) in [7, 11) is 1.64. The highest BCUT2D eigenvalue weighted by Gasteiger charge is 2.10. The second-order valence-corrected chi connectivity index (χ2v) is 5.68. The fourth-order valence-corrected chi connectivity index (χ4v) is 2.41. The van der Waals surface area contributed by atoms with Crippen LogP contribution in [-0.2, 0) is 17.6 Å². The predicted octanol–water partition coefficient (Wildman–Crippen LogP) is 2.43. The van der Waals surface area contributed by atoms with E-state index in [-0.39, 0.29) is 5.91 Å². The largest absolute Gasteiger partial charge is 0.497 e. The quantitative estimate of drug-likeness (QED) is 0.670. The Hall–Kier alpha value is -3.22. The molecule has 3 aromatic rings. The molecule has 0 unspecified atom stereocenters. The number of ether oxygens (including phenoxy) is 1. The molecule has 0 bridgehead atoms. The molecule has 2 heterocycles. The van der Waals surface area contributed by atoms with Gasteiger partial charge in [-0.1, -0.05) is 12.1 Å². The lowest BCUT2D eigenvalue weighted by molar-refractivity contribution is -0.121. The molecule has 0 aliphatic heterocycles. The summed E-state index contributed by atoms with van der Waals surface area (Å²) in [6.45, 7) is 0.581. The summed E-state index contributed by atoms with van der Waals surface area (Å²) in [5.74, 6) is 1.66. The number of hydrogen-bond acceptors (Lipinski definition) is 6. The van der Waals surface area contributed by atoms with Gasteiger partial charge in [-0.15, -0.1) is 10.2 Å². The topological polar surface area (TPSA) is 90.1 Å². The maximum Gasteiger partial charge on any atom is 0.247 e. The first-order chi connectivity index (χ1) is 12.7. The zero-order chi connectivity index (χ0) is 18.2. The maximum absolute atomic E-state index is 12.0. The number of nitrogens with one attached hydrogen (secondary N) is 1. The van der Waals surface area contributed by atoms with E-state index in [1.807, 2.05) is 24.3 Å². The van der Waals surface area contributed by atoms with Gasteiger partial charge in [-0.25, -0.2) is 0 Å². The lowest BCUT2D eigenvalue weighted by Gasteiger charge is -2.05. The Bertz CT molecular complexity index is 832. The van der Waals surface area contributed by atoms with Gasteiger partial charge in [-0.05, 0) is 36.2 Å². The molecule has 1 amide bonds. The lowest BCUT2D eigenvalue weighted by Crippen LogP contribution is -2.25. The van der Waals surface area contributed by atoms with E-state index in [4.69, 9.17) is 9.15 Å². The number of aromatic nitrogens is 3. The minimum absolute atomic E-state index is 0.0397. The highest BCUT2D eigenvalue weighted by Crippen LogP contribution is 2.16. The van der Waals surface area contributed by atoms with Crippen LogP contribution in [-0.4, -0.2) is 34.7 Å². The van der Waals surface area contributed by atoms with Crippen LogP contribution in [0.3, 0.4) is 0 Å². The highest BCUT2D eigenvalue weighted by molar-refractivity contribution is 5.76. The third kappa shape index (κ3) is 4.89. The Morgan fingerprint density at radius 1 is 1.08 bits per heavy atom. The number of amides is 1. The summed E-state index contributed by atoms with van der Waals surface area (Å²) in [4.78, 5) is 15.9. The Morgan fingerprint density at radius 3 is 2.58 bits per heavy atom. The molecule has 1 aromatic carbocycles. The van der Waals surface area contributed by atoms with Crippen molar-refractivity contribution in [2.24, 2.45) is 0 Å². The maximum atomic E-state index is 12.0. The Kier molecular flexibility index (Phi) is 5.92. The third-order valence-corrected chi connectivity index (χ3v) is 3.85. The van der Waals surface area contributed by atoms with Gasteiger partial charge < -0.3 is 14.5 Å². The van der Waals surface area contributed by atoms with E-state index >= 15 is 0 Å². The first-order valence-electron chi connectivity index (χ1n) is 8.37. The fourth-order valence-electron chi connectivity index (χ4n) is 2.41. The van der Waals surface area contributed by atoms with Crippen LogP contribution in [0.15, 0.2) is 53.2 Å². The van der Waals surface area contributed by atoms with Crippen LogP contribution in [0.1, 0.15) is 17.9 Å². The van der Waals surface area contributed by atoms with Crippen LogP contribution >= 0.6 is 0 Å². The van der Waals surface area contributed by atoms with Crippen molar-refractivity contribution in [2.45, 2.75) is 19.3 Å². The van der Waals surface area contributed by atoms with E-state index in [9.17, 15) is 4.79 Å². The molecule has 1 N–H and O–H groups in total. The Morgan fingerprint density at radius 2 is 1.85 bits per heavy atom. The Balaban J connectivity index is 1.40. The molecule has 0 radical (unpaired) electrons. The van der Waals surface area contributed by atoms with E-state index in [0.717, 1.165) is 23.3 Å². The van der Waals surface area contributed by atoms with Gasteiger partial charge in [0, 0.05) is 37.3 Å². The van der Waals surface area contributed by atoms with Gasteiger partial charge >= 0.3 is 0 Å². The number of carbonyl (C=O) groups excluding carboxylic acids is 1. The number of hydrogen-bond donors (Lipinski definition) is 1. The van der Waals surface area contributed by atoms with Crippen molar-refractivity contribution < 1.29 is 13.9 Å². The van der Waals surface area contributed by atoms with E-state index in [2.05, 4.69) is 20.5 Å². The molecule has 134 valence electrons. The molecule has 7 nitrogen and oxygen atoms in total. The van der Waals surface area contributed by atoms with E-state index in [1.54, 1.807) is 31.6 Å². The number of rotatable bonds is 8. The third-order valence-electron chi connectivity index (χ3n) is 3.85. The molecule has 0 saturated heterocycles. The minimum Gasteiger partial charge on any atom is -0.497 e. The number of pyridine rings is 1. The van der Waals surface area contributed by atoms with Crippen molar-refractivity contribution >= 4 is 5.91 Å². The molecule has 2 aromatic heterocycles. The zero-order valence-corrected chi connectivity index (χ0v) is 14.5. The summed E-state index contributed by atoms with van der Waals surface area (Å²) in [5.41, 5.74) is 1.95. The number of methoxy groups -OCH3 is 1. The molecular weight excluding hydrogens is 332 g/mol. The highest BCUT2D eigenvalue weighted by atomic mass is 16.5. The average molecular weight is 352 g/mol. The lowest BCUT2D eigenvalue weighted by atomic mass is 10.1. The number of aryl methyl sites for hydroxylation is 1. The monoisotopic (exact) mass is 352 g/mol.